The van der Waals surface area contributed by atoms with E-state index in [0.29, 0.717) is 18.9 Å². The van der Waals surface area contributed by atoms with Crippen LogP contribution in [0.4, 0.5) is 0 Å². The Morgan fingerprint density at radius 1 is 1.05 bits per heavy atom. The highest BCUT2D eigenvalue weighted by Gasteiger charge is 2.10. The maximum absolute atomic E-state index is 11.7. The van der Waals surface area contributed by atoms with Gasteiger partial charge in [-0.2, -0.15) is 0 Å². The Hall–Kier alpha value is -1.35. The molecule has 1 amide bonds. The van der Waals surface area contributed by atoms with E-state index in [1.165, 1.54) is 22.3 Å². The molecule has 1 aromatic rings. The van der Waals surface area contributed by atoms with Crippen LogP contribution in [0.25, 0.3) is 0 Å². The second-order valence-electron chi connectivity index (χ2n) is 6.42. The zero-order valence-corrected chi connectivity index (χ0v) is 14.3. The summed E-state index contributed by atoms with van der Waals surface area (Å²) in [5, 5.41) is 6.39. The van der Waals surface area contributed by atoms with Crippen LogP contribution in [0.1, 0.15) is 55.5 Å². The van der Waals surface area contributed by atoms with Crippen molar-refractivity contribution in [3.63, 3.8) is 0 Å². The highest BCUT2D eigenvalue weighted by atomic mass is 16.1. The standard InChI is InChI=1S/C18H30N2O/c1-12(2)11-20-18(21)7-8-19-16(6)17-10-14(4)13(3)9-15(17)5/h9-10,12,16,19H,7-8,11H2,1-6H3,(H,20,21). The monoisotopic (exact) mass is 290 g/mol. The zero-order valence-electron chi connectivity index (χ0n) is 14.3. The van der Waals surface area contributed by atoms with Gasteiger partial charge >= 0.3 is 0 Å². The first-order valence-corrected chi connectivity index (χ1v) is 7.89. The lowest BCUT2D eigenvalue weighted by molar-refractivity contribution is -0.121. The third-order valence-corrected chi connectivity index (χ3v) is 3.86. The van der Waals surface area contributed by atoms with Crippen LogP contribution in [0.5, 0.6) is 0 Å². The van der Waals surface area contributed by atoms with Crippen LogP contribution >= 0.6 is 0 Å². The highest BCUT2D eigenvalue weighted by Crippen LogP contribution is 2.21. The van der Waals surface area contributed by atoms with E-state index in [1.807, 2.05) is 0 Å². The molecule has 3 nitrogen and oxygen atoms in total. The number of amides is 1. The minimum Gasteiger partial charge on any atom is -0.356 e. The average Bonchev–Trinajstić information content (AvgIpc) is 2.40. The molecule has 1 aromatic carbocycles. The van der Waals surface area contributed by atoms with E-state index >= 15 is 0 Å². The van der Waals surface area contributed by atoms with Crippen molar-refractivity contribution < 1.29 is 4.79 Å². The fraction of sp³-hybridized carbons (Fsp3) is 0.611. The van der Waals surface area contributed by atoms with Gasteiger partial charge < -0.3 is 10.6 Å². The molecule has 0 saturated heterocycles. The van der Waals surface area contributed by atoms with E-state index in [9.17, 15) is 4.79 Å². The summed E-state index contributed by atoms with van der Waals surface area (Å²) in [5.41, 5.74) is 5.28. The first kappa shape index (κ1) is 17.7. The Labute approximate surface area is 129 Å². The minimum atomic E-state index is 0.125. The molecule has 0 bridgehead atoms. The number of rotatable bonds is 7. The Morgan fingerprint density at radius 3 is 2.29 bits per heavy atom. The lowest BCUT2D eigenvalue weighted by atomic mass is 9.96. The topological polar surface area (TPSA) is 41.1 Å². The fourth-order valence-electron chi connectivity index (χ4n) is 2.37. The lowest BCUT2D eigenvalue weighted by Gasteiger charge is -2.18. The van der Waals surface area contributed by atoms with E-state index < -0.39 is 0 Å². The Kier molecular flexibility index (Phi) is 6.90. The largest absolute Gasteiger partial charge is 0.356 e. The lowest BCUT2D eigenvalue weighted by Crippen LogP contribution is -2.31. The van der Waals surface area contributed by atoms with Crippen LogP contribution in [0, 0.1) is 26.7 Å². The molecule has 0 aliphatic rings. The Balaban J connectivity index is 2.46. The Morgan fingerprint density at radius 2 is 1.67 bits per heavy atom. The summed E-state index contributed by atoms with van der Waals surface area (Å²) >= 11 is 0. The normalized spacial score (nSPS) is 12.5. The molecule has 0 heterocycles. The number of hydrogen-bond acceptors (Lipinski definition) is 2. The van der Waals surface area contributed by atoms with Crippen molar-refractivity contribution in [2.45, 2.75) is 54.0 Å². The maximum atomic E-state index is 11.7. The van der Waals surface area contributed by atoms with Gasteiger partial charge in [-0.15, -0.1) is 0 Å². The summed E-state index contributed by atoms with van der Waals surface area (Å²) in [6.07, 6.45) is 0.529. The van der Waals surface area contributed by atoms with Gasteiger partial charge in [-0.05, 0) is 55.9 Å². The molecule has 1 unspecified atom stereocenters. The number of carbonyl (C=O) groups excluding carboxylic acids is 1. The molecule has 0 radical (unpaired) electrons. The number of hydrogen-bond donors (Lipinski definition) is 2. The van der Waals surface area contributed by atoms with E-state index in [0.717, 1.165) is 6.54 Å². The molecular formula is C18H30N2O. The fourth-order valence-corrected chi connectivity index (χ4v) is 2.37. The number of carbonyl (C=O) groups is 1. The second kappa shape index (κ2) is 8.18. The van der Waals surface area contributed by atoms with Crippen molar-refractivity contribution in [3.05, 3.63) is 34.4 Å². The molecule has 3 heteroatoms. The third kappa shape index (κ3) is 5.88. The van der Waals surface area contributed by atoms with E-state index in [-0.39, 0.29) is 11.9 Å². The third-order valence-electron chi connectivity index (χ3n) is 3.86. The molecule has 0 aromatic heterocycles. The predicted molar refractivity (Wildman–Crippen MR) is 89.5 cm³/mol. The average molecular weight is 290 g/mol. The number of aryl methyl sites for hydroxylation is 3. The van der Waals surface area contributed by atoms with E-state index in [1.54, 1.807) is 0 Å². The van der Waals surface area contributed by atoms with E-state index in [2.05, 4.69) is 64.3 Å². The van der Waals surface area contributed by atoms with Gasteiger partial charge in [0.15, 0.2) is 0 Å². The summed E-state index contributed by atoms with van der Waals surface area (Å²) in [4.78, 5) is 11.7. The predicted octanol–water partition coefficient (Wildman–Crippen LogP) is 3.42. The van der Waals surface area contributed by atoms with Crippen LogP contribution < -0.4 is 10.6 Å². The van der Waals surface area contributed by atoms with Crippen molar-refractivity contribution in [1.29, 1.82) is 0 Å². The van der Waals surface area contributed by atoms with Crippen LogP contribution in [0.15, 0.2) is 12.1 Å². The van der Waals surface area contributed by atoms with Crippen molar-refractivity contribution in [3.8, 4) is 0 Å². The van der Waals surface area contributed by atoms with Crippen LogP contribution in [-0.2, 0) is 4.79 Å². The summed E-state index contributed by atoms with van der Waals surface area (Å²) < 4.78 is 0. The molecule has 0 aliphatic heterocycles. The maximum Gasteiger partial charge on any atom is 0.221 e. The summed E-state index contributed by atoms with van der Waals surface area (Å²) in [7, 11) is 0. The van der Waals surface area contributed by atoms with Crippen LogP contribution in [-0.4, -0.2) is 19.0 Å². The smallest absolute Gasteiger partial charge is 0.221 e. The molecule has 1 rings (SSSR count). The summed E-state index contributed by atoms with van der Waals surface area (Å²) in [6, 6.07) is 4.75. The van der Waals surface area contributed by atoms with Gasteiger partial charge in [0.25, 0.3) is 0 Å². The van der Waals surface area contributed by atoms with Crippen LogP contribution in [0.2, 0.25) is 0 Å². The van der Waals surface area contributed by atoms with Gasteiger partial charge in [0.1, 0.15) is 0 Å². The molecule has 0 spiro atoms. The summed E-state index contributed by atoms with van der Waals surface area (Å²) in [5.74, 6) is 0.624. The van der Waals surface area contributed by atoms with Gasteiger partial charge in [0.2, 0.25) is 5.91 Å². The van der Waals surface area contributed by atoms with Crippen LogP contribution in [0.3, 0.4) is 0 Å². The highest BCUT2D eigenvalue weighted by molar-refractivity contribution is 5.76. The van der Waals surface area contributed by atoms with Gasteiger partial charge in [-0.1, -0.05) is 26.0 Å². The van der Waals surface area contributed by atoms with Crippen molar-refractivity contribution in [2.24, 2.45) is 5.92 Å². The molecule has 0 fully saturated rings. The first-order valence-electron chi connectivity index (χ1n) is 7.89. The van der Waals surface area contributed by atoms with E-state index in [4.69, 9.17) is 0 Å². The van der Waals surface area contributed by atoms with Crippen molar-refractivity contribution >= 4 is 5.91 Å². The van der Waals surface area contributed by atoms with Crippen molar-refractivity contribution in [1.82, 2.24) is 10.6 Å². The Bertz CT molecular complexity index is 480. The molecular weight excluding hydrogens is 260 g/mol. The number of benzene rings is 1. The van der Waals surface area contributed by atoms with Gasteiger partial charge in [-0.25, -0.2) is 0 Å². The molecule has 0 saturated carbocycles. The molecule has 0 aliphatic carbocycles. The molecule has 1 atom stereocenters. The second-order valence-corrected chi connectivity index (χ2v) is 6.42. The first-order chi connectivity index (χ1) is 9.81. The zero-order chi connectivity index (χ0) is 16.0. The van der Waals surface area contributed by atoms with Gasteiger partial charge in [-0.3, -0.25) is 4.79 Å². The quantitative estimate of drug-likeness (QED) is 0.808. The van der Waals surface area contributed by atoms with Gasteiger partial charge in [0, 0.05) is 25.6 Å². The molecule has 2 N–H and O–H groups in total. The molecule has 21 heavy (non-hydrogen) atoms. The van der Waals surface area contributed by atoms with Gasteiger partial charge in [0.05, 0.1) is 0 Å². The SMILES string of the molecule is Cc1cc(C)c(C(C)NCCC(=O)NCC(C)C)cc1C. The minimum absolute atomic E-state index is 0.125. The summed E-state index contributed by atoms with van der Waals surface area (Å²) in [6.45, 7) is 14.3. The van der Waals surface area contributed by atoms with Crippen molar-refractivity contribution in [2.75, 3.05) is 13.1 Å². The molecule has 118 valence electrons. The number of nitrogens with one attached hydrogen (secondary N) is 2.